The molecule has 5 heteroatoms. The smallest absolute Gasteiger partial charge is 0.323 e. The third-order valence-electron chi connectivity index (χ3n) is 3.09. The molecule has 1 atom stereocenters. The average molecular weight is 256 g/mol. The summed E-state index contributed by atoms with van der Waals surface area (Å²) in [7, 11) is 3.19. The number of rotatable bonds is 7. The number of likely N-dealkylation sites (N-methyl/N-ethyl adjacent to an activating group) is 1. The Labute approximate surface area is 109 Å². The Hall–Kier alpha value is -1.10. The molecule has 104 valence electrons. The van der Waals surface area contributed by atoms with Gasteiger partial charge in [-0.25, -0.2) is 0 Å². The molecule has 18 heavy (non-hydrogen) atoms. The number of carbonyl (C=O) groups excluding carboxylic acids is 2. The molecule has 0 aromatic carbocycles. The molecule has 0 heterocycles. The second-order valence-corrected chi connectivity index (χ2v) is 5.42. The first-order chi connectivity index (χ1) is 8.45. The SMILES string of the molecule is COC(=O)C(C1CC1)N(C)CC(=O)NCC(C)C. The number of nitrogens with one attached hydrogen (secondary N) is 1. The molecule has 0 aromatic rings. The summed E-state index contributed by atoms with van der Waals surface area (Å²) in [5.41, 5.74) is 0. The lowest BCUT2D eigenvalue weighted by Gasteiger charge is -2.25. The van der Waals surface area contributed by atoms with Crippen molar-refractivity contribution in [3.63, 3.8) is 0 Å². The first-order valence-electron chi connectivity index (χ1n) is 6.50. The topological polar surface area (TPSA) is 58.6 Å². The van der Waals surface area contributed by atoms with Crippen LogP contribution in [0.3, 0.4) is 0 Å². The van der Waals surface area contributed by atoms with E-state index in [1.165, 1.54) is 7.11 Å². The first-order valence-corrected chi connectivity index (χ1v) is 6.50. The fourth-order valence-corrected chi connectivity index (χ4v) is 1.96. The van der Waals surface area contributed by atoms with Crippen LogP contribution in [-0.4, -0.2) is 50.1 Å². The predicted octanol–water partition coefficient (Wildman–Crippen LogP) is 0.642. The highest BCUT2D eigenvalue weighted by Gasteiger charge is 2.40. The normalized spacial score (nSPS) is 16.8. The Bertz CT molecular complexity index is 301. The number of esters is 1. The largest absolute Gasteiger partial charge is 0.468 e. The molecule has 0 spiro atoms. The van der Waals surface area contributed by atoms with Crippen LogP contribution in [0.25, 0.3) is 0 Å². The van der Waals surface area contributed by atoms with Crippen LogP contribution in [-0.2, 0) is 14.3 Å². The molecule has 0 radical (unpaired) electrons. The van der Waals surface area contributed by atoms with Gasteiger partial charge in [-0.1, -0.05) is 13.8 Å². The van der Waals surface area contributed by atoms with Crippen molar-refractivity contribution in [1.82, 2.24) is 10.2 Å². The number of amides is 1. The summed E-state index contributed by atoms with van der Waals surface area (Å²) in [6, 6.07) is -0.278. The lowest BCUT2D eigenvalue weighted by Crippen LogP contribution is -2.46. The summed E-state index contributed by atoms with van der Waals surface area (Å²) in [6.07, 6.45) is 2.08. The van der Waals surface area contributed by atoms with Crippen LogP contribution < -0.4 is 5.32 Å². The van der Waals surface area contributed by atoms with E-state index in [0.29, 0.717) is 18.4 Å². The Balaban J connectivity index is 2.43. The van der Waals surface area contributed by atoms with Crippen molar-refractivity contribution < 1.29 is 14.3 Å². The zero-order valence-corrected chi connectivity index (χ0v) is 11.7. The highest BCUT2D eigenvalue weighted by atomic mass is 16.5. The van der Waals surface area contributed by atoms with Gasteiger partial charge in [0.2, 0.25) is 5.91 Å². The maximum Gasteiger partial charge on any atom is 0.323 e. The van der Waals surface area contributed by atoms with Crippen molar-refractivity contribution in [3.05, 3.63) is 0 Å². The van der Waals surface area contributed by atoms with Crippen molar-refractivity contribution in [3.8, 4) is 0 Å². The van der Waals surface area contributed by atoms with Crippen LogP contribution in [0.15, 0.2) is 0 Å². The number of hydrogen-bond donors (Lipinski definition) is 1. The molecule has 0 saturated heterocycles. The number of methoxy groups -OCH3 is 1. The molecule has 1 unspecified atom stereocenters. The summed E-state index contributed by atoms with van der Waals surface area (Å²) >= 11 is 0. The molecule has 5 nitrogen and oxygen atoms in total. The van der Waals surface area contributed by atoms with E-state index in [4.69, 9.17) is 4.74 Å². The molecular weight excluding hydrogens is 232 g/mol. The molecule has 1 aliphatic rings. The summed E-state index contributed by atoms with van der Waals surface area (Å²) in [5.74, 6) is 0.497. The van der Waals surface area contributed by atoms with E-state index in [2.05, 4.69) is 5.32 Å². The van der Waals surface area contributed by atoms with Gasteiger partial charge in [-0.05, 0) is 31.7 Å². The molecule has 0 aromatic heterocycles. The summed E-state index contributed by atoms with van der Waals surface area (Å²) < 4.78 is 4.80. The first kappa shape index (κ1) is 15.0. The summed E-state index contributed by atoms with van der Waals surface area (Å²) in [4.78, 5) is 25.2. The van der Waals surface area contributed by atoms with Crippen LogP contribution in [0.4, 0.5) is 0 Å². The Morgan fingerprint density at radius 2 is 2.00 bits per heavy atom. The minimum Gasteiger partial charge on any atom is -0.468 e. The van der Waals surface area contributed by atoms with Crippen molar-refractivity contribution in [2.45, 2.75) is 32.7 Å². The third-order valence-corrected chi connectivity index (χ3v) is 3.09. The van der Waals surface area contributed by atoms with E-state index in [1.807, 2.05) is 13.8 Å². The molecule has 0 aliphatic heterocycles. The van der Waals surface area contributed by atoms with Crippen molar-refractivity contribution >= 4 is 11.9 Å². The monoisotopic (exact) mass is 256 g/mol. The summed E-state index contributed by atoms with van der Waals surface area (Å²) in [6.45, 7) is 5.00. The minimum absolute atomic E-state index is 0.0410. The van der Waals surface area contributed by atoms with Crippen LogP contribution in [0, 0.1) is 11.8 Å². The van der Waals surface area contributed by atoms with E-state index >= 15 is 0 Å². The molecule has 1 amide bonds. The van der Waals surface area contributed by atoms with Gasteiger partial charge < -0.3 is 10.1 Å². The average Bonchev–Trinajstić information content (AvgIpc) is 3.10. The Kier molecular flexibility index (Phi) is 5.59. The van der Waals surface area contributed by atoms with E-state index in [1.54, 1.807) is 11.9 Å². The van der Waals surface area contributed by atoms with Gasteiger partial charge in [0.25, 0.3) is 0 Å². The molecule has 0 bridgehead atoms. The molecule has 1 rings (SSSR count). The third kappa shape index (κ3) is 4.64. The second kappa shape index (κ2) is 6.73. The van der Waals surface area contributed by atoms with Gasteiger partial charge in [0.15, 0.2) is 0 Å². The van der Waals surface area contributed by atoms with Crippen molar-refractivity contribution in [1.29, 1.82) is 0 Å². The van der Waals surface area contributed by atoms with Gasteiger partial charge >= 0.3 is 5.97 Å². The van der Waals surface area contributed by atoms with E-state index in [0.717, 1.165) is 12.8 Å². The number of hydrogen-bond acceptors (Lipinski definition) is 4. The van der Waals surface area contributed by atoms with E-state index < -0.39 is 0 Å². The molecule has 1 saturated carbocycles. The zero-order chi connectivity index (χ0) is 13.7. The maximum atomic E-state index is 11.7. The van der Waals surface area contributed by atoms with Gasteiger partial charge in [-0.15, -0.1) is 0 Å². The molecule has 1 fully saturated rings. The van der Waals surface area contributed by atoms with E-state index in [9.17, 15) is 9.59 Å². The maximum absolute atomic E-state index is 11.7. The molecule has 1 N–H and O–H groups in total. The number of nitrogens with zero attached hydrogens (tertiary/aromatic N) is 1. The Morgan fingerprint density at radius 1 is 1.39 bits per heavy atom. The number of ether oxygens (including phenoxy) is 1. The van der Waals surface area contributed by atoms with Crippen LogP contribution in [0.1, 0.15) is 26.7 Å². The van der Waals surface area contributed by atoms with E-state index in [-0.39, 0.29) is 24.5 Å². The fraction of sp³-hybridized carbons (Fsp3) is 0.846. The summed E-state index contributed by atoms with van der Waals surface area (Å²) in [5, 5.41) is 2.85. The lowest BCUT2D eigenvalue weighted by molar-refractivity contribution is -0.147. The van der Waals surface area contributed by atoms with Gasteiger partial charge in [0, 0.05) is 6.54 Å². The van der Waals surface area contributed by atoms with Crippen molar-refractivity contribution in [2.75, 3.05) is 27.2 Å². The highest BCUT2D eigenvalue weighted by Crippen LogP contribution is 2.35. The molecule has 1 aliphatic carbocycles. The fourth-order valence-electron chi connectivity index (χ4n) is 1.96. The zero-order valence-electron chi connectivity index (χ0n) is 11.7. The van der Waals surface area contributed by atoms with Gasteiger partial charge in [-0.3, -0.25) is 14.5 Å². The predicted molar refractivity (Wildman–Crippen MR) is 69.0 cm³/mol. The minimum atomic E-state index is -0.278. The van der Waals surface area contributed by atoms with Gasteiger partial charge in [0.05, 0.1) is 13.7 Å². The van der Waals surface area contributed by atoms with Gasteiger partial charge in [0.1, 0.15) is 6.04 Å². The lowest BCUT2D eigenvalue weighted by atomic mass is 10.1. The van der Waals surface area contributed by atoms with Crippen LogP contribution in [0.5, 0.6) is 0 Å². The van der Waals surface area contributed by atoms with Crippen LogP contribution >= 0.6 is 0 Å². The quantitative estimate of drug-likeness (QED) is 0.679. The number of carbonyl (C=O) groups is 2. The van der Waals surface area contributed by atoms with Gasteiger partial charge in [-0.2, -0.15) is 0 Å². The van der Waals surface area contributed by atoms with Crippen molar-refractivity contribution in [2.24, 2.45) is 11.8 Å². The second-order valence-electron chi connectivity index (χ2n) is 5.42. The van der Waals surface area contributed by atoms with Crippen LogP contribution in [0.2, 0.25) is 0 Å². The molecular formula is C13H24N2O3. The Morgan fingerprint density at radius 3 is 2.44 bits per heavy atom. The highest BCUT2D eigenvalue weighted by molar-refractivity contribution is 5.80. The standard InChI is InChI=1S/C13H24N2O3/c1-9(2)7-14-11(16)8-15(3)12(10-5-6-10)13(17)18-4/h9-10,12H,5-8H2,1-4H3,(H,14,16).